The third kappa shape index (κ3) is 3.37. The standard InChI is InChI=1S/C20H22N2O4S/c1-10(2)11-3-5-12(6-4-11)13-9-27-20(21-13)22-18(23)16-14-7-8-15(26-14)17(16)19(24)25/h3-6,9-10,14-17H,7-8H2,1-2H3,(H,24,25)(H,21,22,23)/t14-,15+,16+,17+/m1/s1. The van der Waals surface area contributed by atoms with Crippen molar-refractivity contribution in [2.24, 2.45) is 11.8 Å². The van der Waals surface area contributed by atoms with Gasteiger partial charge in [-0.2, -0.15) is 0 Å². The Balaban J connectivity index is 1.47. The zero-order chi connectivity index (χ0) is 19.1. The molecule has 0 saturated carbocycles. The molecule has 0 aliphatic carbocycles. The number of thiazole rings is 1. The molecule has 3 heterocycles. The van der Waals surface area contributed by atoms with E-state index in [1.807, 2.05) is 17.5 Å². The summed E-state index contributed by atoms with van der Waals surface area (Å²) in [5, 5.41) is 14.6. The van der Waals surface area contributed by atoms with Crippen LogP contribution in [0.4, 0.5) is 5.13 Å². The maximum atomic E-state index is 12.7. The Morgan fingerprint density at radius 3 is 2.48 bits per heavy atom. The number of ether oxygens (including phenoxy) is 1. The van der Waals surface area contributed by atoms with Gasteiger partial charge in [0, 0.05) is 10.9 Å². The minimum absolute atomic E-state index is 0.306. The molecule has 2 aliphatic rings. The lowest BCUT2D eigenvalue weighted by atomic mass is 9.79. The number of hydrogen-bond donors (Lipinski definition) is 2. The molecule has 1 amide bonds. The van der Waals surface area contributed by atoms with E-state index in [1.54, 1.807) is 0 Å². The highest BCUT2D eigenvalue weighted by Crippen LogP contribution is 2.44. The van der Waals surface area contributed by atoms with Gasteiger partial charge < -0.3 is 15.2 Å². The highest BCUT2D eigenvalue weighted by Gasteiger charge is 2.55. The first kappa shape index (κ1) is 18.1. The molecular formula is C20H22N2O4S. The molecule has 2 aromatic rings. The van der Waals surface area contributed by atoms with Gasteiger partial charge in [0.05, 0.1) is 29.7 Å². The number of nitrogens with zero attached hydrogens (tertiary/aromatic N) is 1. The van der Waals surface area contributed by atoms with Crippen LogP contribution < -0.4 is 5.32 Å². The van der Waals surface area contributed by atoms with Gasteiger partial charge in [0.2, 0.25) is 5.91 Å². The molecule has 4 atom stereocenters. The first-order chi connectivity index (χ1) is 12.9. The molecule has 0 unspecified atom stereocenters. The molecule has 2 bridgehead atoms. The fraction of sp³-hybridized carbons (Fsp3) is 0.450. The predicted octanol–water partition coefficient (Wildman–Crippen LogP) is 3.75. The van der Waals surface area contributed by atoms with Gasteiger partial charge in [0.1, 0.15) is 0 Å². The molecular weight excluding hydrogens is 364 g/mol. The number of carboxylic acid groups (broad SMARTS) is 1. The molecule has 1 aromatic heterocycles. The van der Waals surface area contributed by atoms with Crippen LogP contribution in [0.2, 0.25) is 0 Å². The number of carbonyl (C=O) groups excluding carboxylic acids is 1. The third-order valence-electron chi connectivity index (χ3n) is 5.47. The van der Waals surface area contributed by atoms with Gasteiger partial charge in [-0.1, -0.05) is 38.1 Å². The minimum atomic E-state index is -0.965. The highest BCUT2D eigenvalue weighted by molar-refractivity contribution is 7.14. The lowest BCUT2D eigenvalue weighted by molar-refractivity contribution is -0.147. The first-order valence-electron chi connectivity index (χ1n) is 9.19. The molecule has 2 aliphatic heterocycles. The predicted molar refractivity (Wildman–Crippen MR) is 103 cm³/mol. The number of amides is 1. The van der Waals surface area contributed by atoms with Crippen molar-refractivity contribution in [2.45, 2.75) is 44.8 Å². The topological polar surface area (TPSA) is 88.5 Å². The molecule has 142 valence electrons. The fourth-order valence-electron chi connectivity index (χ4n) is 4.02. The van der Waals surface area contributed by atoms with E-state index in [2.05, 4.69) is 36.3 Å². The van der Waals surface area contributed by atoms with Gasteiger partial charge in [-0.25, -0.2) is 4.98 Å². The Kier molecular flexibility index (Phi) is 4.74. The Hall–Kier alpha value is -2.25. The van der Waals surface area contributed by atoms with Crippen LogP contribution in [0.25, 0.3) is 11.3 Å². The molecule has 2 fully saturated rings. The van der Waals surface area contributed by atoms with Gasteiger partial charge in [0.25, 0.3) is 0 Å². The van der Waals surface area contributed by atoms with Crippen LogP contribution >= 0.6 is 11.3 Å². The summed E-state index contributed by atoms with van der Waals surface area (Å²) in [6.45, 7) is 4.30. The summed E-state index contributed by atoms with van der Waals surface area (Å²) in [6, 6.07) is 8.23. The SMILES string of the molecule is CC(C)c1ccc(-c2csc(NC(=O)[C@@H]3[C@@H](C(=O)O)[C@@H]4CC[C@H]3O4)n2)cc1. The Morgan fingerprint density at radius 2 is 1.85 bits per heavy atom. The van der Waals surface area contributed by atoms with E-state index in [4.69, 9.17) is 4.74 Å². The van der Waals surface area contributed by atoms with E-state index in [1.165, 1.54) is 16.9 Å². The van der Waals surface area contributed by atoms with Crippen LogP contribution in [0.15, 0.2) is 29.6 Å². The minimum Gasteiger partial charge on any atom is -0.481 e. The molecule has 6 nitrogen and oxygen atoms in total. The lowest BCUT2D eigenvalue weighted by Crippen LogP contribution is -2.40. The molecule has 4 rings (SSSR count). The number of hydrogen-bond acceptors (Lipinski definition) is 5. The molecule has 2 saturated heterocycles. The van der Waals surface area contributed by atoms with Crippen molar-refractivity contribution in [1.82, 2.24) is 4.98 Å². The third-order valence-corrected chi connectivity index (χ3v) is 6.23. The van der Waals surface area contributed by atoms with E-state index in [9.17, 15) is 14.7 Å². The Morgan fingerprint density at radius 1 is 1.19 bits per heavy atom. The molecule has 2 N–H and O–H groups in total. The summed E-state index contributed by atoms with van der Waals surface area (Å²) in [5.74, 6) is -2.24. The number of fused-ring (bicyclic) bond motifs is 2. The average Bonchev–Trinajstić information content (AvgIpc) is 3.37. The van der Waals surface area contributed by atoms with E-state index >= 15 is 0 Å². The van der Waals surface area contributed by atoms with Crippen LogP contribution in [-0.4, -0.2) is 34.2 Å². The molecule has 1 aromatic carbocycles. The average molecular weight is 386 g/mol. The van der Waals surface area contributed by atoms with Crippen LogP contribution in [0, 0.1) is 11.8 Å². The summed E-state index contributed by atoms with van der Waals surface area (Å²) in [7, 11) is 0. The summed E-state index contributed by atoms with van der Waals surface area (Å²) in [6.07, 6.45) is 0.783. The zero-order valence-corrected chi connectivity index (χ0v) is 16.0. The number of anilines is 1. The fourth-order valence-corrected chi connectivity index (χ4v) is 4.74. The van der Waals surface area contributed by atoms with E-state index < -0.39 is 17.8 Å². The number of aliphatic carboxylic acids is 1. The normalized spacial score (nSPS) is 26.5. The molecule has 0 spiro atoms. The van der Waals surface area contributed by atoms with Gasteiger partial charge in [-0.3, -0.25) is 9.59 Å². The van der Waals surface area contributed by atoms with Gasteiger partial charge >= 0.3 is 5.97 Å². The number of carboxylic acids is 1. The number of benzene rings is 1. The molecule has 0 radical (unpaired) electrons. The summed E-state index contributed by atoms with van der Waals surface area (Å²) in [5.41, 5.74) is 3.05. The Bertz CT molecular complexity index is 861. The second-order valence-electron chi connectivity index (χ2n) is 7.48. The molecule has 27 heavy (non-hydrogen) atoms. The van der Waals surface area contributed by atoms with Crippen molar-refractivity contribution in [3.8, 4) is 11.3 Å². The van der Waals surface area contributed by atoms with Crippen molar-refractivity contribution < 1.29 is 19.4 Å². The van der Waals surface area contributed by atoms with Gasteiger partial charge in [-0.15, -0.1) is 11.3 Å². The van der Waals surface area contributed by atoms with Crippen molar-refractivity contribution in [1.29, 1.82) is 0 Å². The van der Waals surface area contributed by atoms with E-state index in [0.717, 1.165) is 17.7 Å². The largest absolute Gasteiger partial charge is 0.481 e. The van der Waals surface area contributed by atoms with Crippen LogP contribution in [0.3, 0.4) is 0 Å². The maximum absolute atomic E-state index is 12.7. The second-order valence-corrected chi connectivity index (χ2v) is 8.34. The van der Waals surface area contributed by atoms with Gasteiger partial charge in [0.15, 0.2) is 5.13 Å². The van der Waals surface area contributed by atoms with E-state index in [-0.39, 0.29) is 18.1 Å². The Labute approximate surface area is 161 Å². The van der Waals surface area contributed by atoms with Crippen molar-refractivity contribution >= 4 is 28.3 Å². The number of rotatable bonds is 5. The quantitative estimate of drug-likeness (QED) is 0.817. The smallest absolute Gasteiger partial charge is 0.310 e. The monoisotopic (exact) mass is 386 g/mol. The number of nitrogens with one attached hydrogen (secondary N) is 1. The van der Waals surface area contributed by atoms with Crippen LogP contribution in [0.5, 0.6) is 0 Å². The number of carbonyl (C=O) groups is 2. The van der Waals surface area contributed by atoms with Crippen molar-refractivity contribution in [3.05, 3.63) is 35.2 Å². The first-order valence-corrected chi connectivity index (χ1v) is 10.1. The summed E-state index contributed by atoms with van der Waals surface area (Å²) in [4.78, 5) is 28.7. The van der Waals surface area contributed by atoms with Crippen LogP contribution in [0.1, 0.15) is 38.2 Å². The van der Waals surface area contributed by atoms with Gasteiger partial charge in [-0.05, 0) is 24.3 Å². The molecule has 7 heteroatoms. The zero-order valence-electron chi connectivity index (χ0n) is 15.2. The maximum Gasteiger partial charge on any atom is 0.310 e. The van der Waals surface area contributed by atoms with Crippen LogP contribution in [-0.2, 0) is 14.3 Å². The summed E-state index contributed by atoms with van der Waals surface area (Å²) < 4.78 is 5.66. The van der Waals surface area contributed by atoms with Crippen molar-refractivity contribution in [2.75, 3.05) is 5.32 Å². The highest BCUT2D eigenvalue weighted by atomic mass is 32.1. The van der Waals surface area contributed by atoms with Crippen molar-refractivity contribution in [3.63, 3.8) is 0 Å². The second kappa shape index (κ2) is 7.05. The summed E-state index contributed by atoms with van der Waals surface area (Å²) >= 11 is 1.34. The van der Waals surface area contributed by atoms with E-state index in [0.29, 0.717) is 17.5 Å². The number of aromatic nitrogens is 1. The lowest BCUT2D eigenvalue weighted by Gasteiger charge is -2.23.